The molecule has 0 radical (unpaired) electrons. The van der Waals surface area contributed by atoms with Crippen molar-refractivity contribution in [1.82, 2.24) is 19.5 Å². The van der Waals surface area contributed by atoms with Gasteiger partial charge in [0.2, 0.25) is 0 Å². The molecule has 212 valence electrons. The lowest BCUT2D eigenvalue weighted by atomic mass is 10.1. The molecule has 0 aliphatic carbocycles. The molecule has 2 atom stereocenters. The molecule has 0 amide bonds. The Bertz CT molecular complexity index is 1690. The fourth-order valence-electron chi connectivity index (χ4n) is 4.64. The Balaban J connectivity index is 1.41. The minimum atomic E-state index is -4.45. The van der Waals surface area contributed by atoms with Crippen molar-refractivity contribution >= 4 is 45.3 Å². The highest BCUT2D eigenvalue weighted by molar-refractivity contribution is 6.31. The average molecular weight is 585 g/mol. The van der Waals surface area contributed by atoms with E-state index in [0.29, 0.717) is 46.0 Å². The van der Waals surface area contributed by atoms with E-state index < -0.39 is 18.3 Å². The van der Waals surface area contributed by atoms with Crippen LogP contribution in [0.5, 0.6) is 0 Å². The lowest BCUT2D eigenvalue weighted by Gasteiger charge is -2.34. The van der Waals surface area contributed by atoms with E-state index in [-0.39, 0.29) is 29.4 Å². The van der Waals surface area contributed by atoms with Gasteiger partial charge in [-0.1, -0.05) is 23.7 Å². The summed E-state index contributed by atoms with van der Waals surface area (Å²) in [4.78, 5) is 27.2. The van der Waals surface area contributed by atoms with E-state index >= 15 is 0 Å². The monoisotopic (exact) mass is 584 g/mol. The van der Waals surface area contributed by atoms with Crippen molar-refractivity contribution in [2.24, 2.45) is 7.05 Å². The molecule has 0 bridgehead atoms. The molecule has 14 heteroatoms. The van der Waals surface area contributed by atoms with Crippen LogP contribution in [0.15, 0.2) is 53.7 Å². The van der Waals surface area contributed by atoms with E-state index in [0.717, 1.165) is 0 Å². The zero-order valence-electron chi connectivity index (χ0n) is 21.9. The lowest BCUT2D eigenvalue weighted by Crippen LogP contribution is -2.49. The van der Waals surface area contributed by atoms with E-state index in [9.17, 15) is 23.2 Å². The summed E-state index contributed by atoms with van der Waals surface area (Å²) < 4.78 is 45.7. The lowest BCUT2D eigenvalue weighted by molar-refractivity contribution is -0.221. The van der Waals surface area contributed by atoms with E-state index in [1.807, 2.05) is 25.1 Å². The van der Waals surface area contributed by atoms with E-state index in [4.69, 9.17) is 16.3 Å². The average Bonchev–Trinajstić information content (AvgIpc) is 2.95. The summed E-state index contributed by atoms with van der Waals surface area (Å²) in [6.45, 7) is 1.72. The number of nitriles is 1. The fourth-order valence-corrected chi connectivity index (χ4v) is 4.84. The second-order valence-electron chi connectivity index (χ2n) is 9.43. The maximum absolute atomic E-state index is 13.1. The van der Waals surface area contributed by atoms with Gasteiger partial charge < -0.3 is 24.8 Å². The number of ether oxygens (including phenoxy) is 1. The maximum atomic E-state index is 13.1. The molecule has 1 fully saturated rings. The second-order valence-corrected chi connectivity index (χ2v) is 9.79. The summed E-state index contributed by atoms with van der Waals surface area (Å²) in [6.07, 6.45) is -1.88. The third-order valence-corrected chi connectivity index (χ3v) is 7.05. The number of alkyl halides is 3. The van der Waals surface area contributed by atoms with Gasteiger partial charge in [0.25, 0.3) is 5.56 Å². The van der Waals surface area contributed by atoms with Gasteiger partial charge in [0.05, 0.1) is 54.2 Å². The number of aryl methyl sites for hydroxylation is 1. The van der Waals surface area contributed by atoms with Gasteiger partial charge in [0.1, 0.15) is 22.6 Å². The van der Waals surface area contributed by atoms with Crippen LogP contribution in [-0.2, 0) is 11.8 Å². The van der Waals surface area contributed by atoms with Crippen LogP contribution in [0.4, 0.5) is 35.9 Å². The molecule has 1 aliphatic rings. The van der Waals surface area contributed by atoms with E-state index in [1.165, 1.54) is 29.2 Å². The summed E-state index contributed by atoms with van der Waals surface area (Å²) in [5, 5.41) is 16.8. The number of anilines is 4. The second kappa shape index (κ2) is 11.2. The largest absolute Gasteiger partial charge is 0.416 e. The molecule has 0 saturated carbocycles. The van der Waals surface area contributed by atoms with E-state index in [1.54, 1.807) is 24.1 Å². The summed E-state index contributed by atoms with van der Waals surface area (Å²) in [7, 11) is 1.64. The normalized spacial score (nSPS) is 16.3. The molecule has 10 nitrogen and oxygen atoms in total. The van der Waals surface area contributed by atoms with Gasteiger partial charge in [-0.2, -0.15) is 18.4 Å². The molecule has 3 aromatic heterocycles. The molecule has 1 aliphatic heterocycles. The van der Waals surface area contributed by atoms with Crippen molar-refractivity contribution in [3.05, 3.63) is 75.8 Å². The molecule has 1 saturated heterocycles. The Kier molecular flexibility index (Phi) is 7.70. The number of hydrogen-bond acceptors (Lipinski definition) is 9. The Hall–Kier alpha value is -4.41. The fraction of sp³-hybridized carbons (Fsp3) is 0.296. The first-order chi connectivity index (χ1) is 19.6. The quantitative estimate of drug-likeness (QED) is 0.304. The Morgan fingerprint density at radius 3 is 2.63 bits per heavy atom. The first kappa shape index (κ1) is 28.1. The number of aromatic nitrogens is 4. The van der Waals surface area contributed by atoms with Crippen molar-refractivity contribution in [2.45, 2.75) is 25.2 Å². The number of morpholine rings is 1. The maximum Gasteiger partial charge on any atom is 0.416 e. The zero-order chi connectivity index (χ0) is 29.3. The highest BCUT2D eigenvalue weighted by atomic mass is 35.5. The minimum Gasteiger partial charge on any atom is -0.375 e. The van der Waals surface area contributed by atoms with Gasteiger partial charge in [-0.3, -0.25) is 4.79 Å². The van der Waals surface area contributed by atoms with Crippen LogP contribution in [0, 0.1) is 11.3 Å². The Morgan fingerprint density at radius 1 is 1.17 bits per heavy atom. The number of hydrogen-bond donors (Lipinski definition) is 2. The number of benzene rings is 1. The molecule has 1 aromatic carbocycles. The van der Waals surface area contributed by atoms with Gasteiger partial charge >= 0.3 is 6.18 Å². The predicted molar refractivity (Wildman–Crippen MR) is 149 cm³/mol. The molecule has 4 aromatic rings. The van der Waals surface area contributed by atoms with Crippen LogP contribution in [0.2, 0.25) is 5.15 Å². The first-order valence-electron chi connectivity index (χ1n) is 12.5. The summed E-state index contributed by atoms with van der Waals surface area (Å²) in [5.74, 6) is 0.391. The topological polar surface area (TPSA) is 121 Å². The van der Waals surface area contributed by atoms with Gasteiger partial charge in [-0.15, -0.1) is 0 Å². The van der Waals surface area contributed by atoms with Gasteiger partial charge in [-0.25, -0.2) is 15.0 Å². The first-order valence-corrected chi connectivity index (χ1v) is 12.9. The summed E-state index contributed by atoms with van der Waals surface area (Å²) >= 11 is 6.09. The molecule has 2 unspecified atom stereocenters. The molecule has 2 N–H and O–H groups in total. The minimum absolute atomic E-state index is 0.0528. The third-order valence-electron chi connectivity index (χ3n) is 6.76. The van der Waals surface area contributed by atoms with Crippen LogP contribution in [-0.4, -0.2) is 51.5 Å². The standard InChI is InChI=1S/C27H24ClF3N8O2/c1-15(26-34-12-16(13-35-26)39-8-9-41-22(14-39)27(29,30)31)36-21-10-23(40)38(2)24-17(21)4-3-5-20(24)37-19-6-7-33-25(28)18(19)11-32/h3-7,10,12-13,15,22,36H,8-9,14H2,1-2H3,(H,33,37). The molecular formula is C27H24ClF3N8O2. The van der Waals surface area contributed by atoms with Crippen molar-refractivity contribution in [2.75, 3.05) is 35.2 Å². The number of para-hydroxylation sites is 1. The van der Waals surface area contributed by atoms with Gasteiger partial charge in [0.15, 0.2) is 6.10 Å². The molecule has 0 spiro atoms. The zero-order valence-corrected chi connectivity index (χ0v) is 22.7. The highest BCUT2D eigenvalue weighted by Gasteiger charge is 2.43. The van der Waals surface area contributed by atoms with Crippen molar-refractivity contribution in [3.8, 4) is 6.07 Å². The van der Waals surface area contributed by atoms with Crippen LogP contribution in [0.1, 0.15) is 24.4 Å². The van der Waals surface area contributed by atoms with Crippen LogP contribution >= 0.6 is 11.6 Å². The van der Waals surface area contributed by atoms with Crippen molar-refractivity contribution in [3.63, 3.8) is 0 Å². The van der Waals surface area contributed by atoms with Gasteiger partial charge in [0, 0.05) is 36.9 Å². The smallest absolute Gasteiger partial charge is 0.375 e. The highest BCUT2D eigenvalue weighted by Crippen LogP contribution is 2.33. The summed E-state index contributed by atoms with van der Waals surface area (Å²) in [5.41, 5.74) is 2.47. The number of rotatable bonds is 6. The third kappa shape index (κ3) is 5.75. The Labute approximate surface area is 237 Å². The predicted octanol–water partition coefficient (Wildman–Crippen LogP) is 4.93. The molecular weight excluding hydrogens is 561 g/mol. The Morgan fingerprint density at radius 2 is 1.93 bits per heavy atom. The van der Waals surface area contributed by atoms with Gasteiger partial charge in [-0.05, 0) is 19.1 Å². The SMILES string of the molecule is CC(Nc1cc(=O)n(C)c2c(Nc3ccnc(Cl)c3C#N)cccc12)c1ncc(N2CCOC(C(F)(F)F)C2)cn1. The molecule has 41 heavy (non-hydrogen) atoms. The van der Waals surface area contributed by atoms with Crippen molar-refractivity contribution < 1.29 is 17.9 Å². The molecule has 4 heterocycles. The molecule has 5 rings (SSSR count). The number of nitrogens with zero attached hydrogens (tertiary/aromatic N) is 6. The number of fused-ring (bicyclic) bond motifs is 1. The van der Waals surface area contributed by atoms with Crippen LogP contribution in [0.25, 0.3) is 10.9 Å². The van der Waals surface area contributed by atoms with Crippen molar-refractivity contribution in [1.29, 1.82) is 5.26 Å². The number of nitrogens with one attached hydrogen (secondary N) is 2. The van der Waals surface area contributed by atoms with Crippen LogP contribution < -0.4 is 21.1 Å². The van der Waals surface area contributed by atoms with E-state index in [2.05, 4.69) is 25.6 Å². The number of halogens is 4. The van der Waals surface area contributed by atoms with Crippen LogP contribution in [0.3, 0.4) is 0 Å². The summed E-state index contributed by atoms with van der Waals surface area (Å²) in [6, 6.07) is 10.1. The number of pyridine rings is 2.